The van der Waals surface area contributed by atoms with Crippen LogP contribution in [0.15, 0.2) is 23.1 Å². The van der Waals surface area contributed by atoms with Crippen molar-refractivity contribution in [1.82, 2.24) is 4.31 Å². The number of anilines is 1. The van der Waals surface area contributed by atoms with Crippen LogP contribution in [0.25, 0.3) is 0 Å². The molecule has 0 aliphatic rings. The highest BCUT2D eigenvalue weighted by atomic mass is 35.5. The first-order valence-corrected chi connectivity index (χ1v) is 8.74. The number of hydrogen-bond donors (Lipinski definition) is 1. The molecule has 0 aromatic heterocycles. The number of sulfonamides is 1. The zero-order valence-corrected chi connectivity index (χ0v) is 14.4. The van der Waals surface area contributed by atoms with E-state index in [1.165, 1.54) is 29.4 Å². The highest BCUT2D eigenvalue weighted by Crippen LogP contribution is 2.27. The molecule has 1 N–H and O–H groups in total. The summed E-state index contributed by atoms with van der Waals surface area (Å²) in [7, 11) is -3.61. The molecular formula is C13H18Cl2N2O3S. The largest absolute Gasteiger partial charge is 0.323 e. The Labute approximate surface area is 135 Å². The molecule has 8 heteroatoms. The van der Waals surface area contributed by atoms with Gasteiger partial charge >= 0.3 is 0 Å². The molecule has 0 aliphatic carbocycles. The van der Waals surface area contributed by atoms with Gasteiger partial charge in [0.15, 0.2) is 0 Å². The number of alkyl halides is 1. The molecule has 1 atom stereocenters. The van der Waals surface area contributed by atoms with E-state index in [0.29, 0.717) is 13.1 Å². The molecule has 118 valence electrons. The molecule has 0 radical (unpaired) electrons. The Balaban J connectivity index is 3.21. The summed E-state index contributed by atoms with van der Waals surface area (Å²) in [6, 6.07) is 4.19. The molecule has 0 spiro atoms. The van der Waals surface area contributed by atoms with Crippen molar-refractivity contribution in [2.75, 3.05) is 18.4 Å². The Kier molecular flexibility index (Phi) is 6.46. The fraction of sp³-hybridized carbons (Fsp3) is 0.462. The van der Waals surface area contributed by atoms with Gasteiger partial charge in [-0.15, -0.1) is 11.6 Å². The van der Waals surface area contributed by atoms with Crippen molar-refractivity contribution in [3.8, 4) is 0 Å². The third-order valence-electron chi connectivity index (χ3n) is 2.90. The molecule has 0 aliphatic heterocycles. The lowest BCUT2D eigenvalue weighted by molar-refractivity contribution is -0.115. The summed E-state index contributed by atoms with van der Waals surface area (Å²) in [6.07, 6.45) is 0. The molecule has 1 amide bonds. The zero-order valence-electron chi connectivity index (χ0n) is 12.1. The van der Waals surface area contributed by atoms with Crippen LogP contribution in [0.5, 0.6) is 0 Å². The van der Waals surface area contributed by atoms with Crippen LogP contribution in [0, 0.1) is 0 Å². The van der Waals surface area contributed by atoms with E-state index >= 15 is 0 Å². The molecule has 21 heavy (non-hydrogen) atoms. The summed E-state index contributed by atoms with van der Waals surface area (Å²) >= 11 is 11.7. The fourth-order valence-corrected chi connectivity index (χ4v) is 3.41. The van der Waals surface area contributed by atoms with Crippen molar-refractivity contribution in [2.45, 2.75) is 31.0 Å². The summed E-state index contributed by atoms with van der Waals surface area (Å²) in [5.74, 6) is -0.448. The second kappa shape index (κ2) is 7.45. The average Bonchev–Trinajstić information content (AvgIpc) is 2.41. The van der Waals surface area contributed by atoms with Crippen molar-refractivity contribution >= 4 is 44.8 Å². The van der Waals surface area contributed by atoms with Crippen LogP contribution >= 0.6 is 23.2 Å². The smallest absolute Gasteiger partial charge is 0.243 e. The standard InChI is InChI=1S/C13H18Cl2N2O3S/c1-4-17(5-2)21(19,20)10-6-7-11(15)12(8-10)16-13(18)9(3)14/h6-9H,4-5H2,1-3H3,(H,16,18)/t9-/m1/s1. The lowest BCUT2D eigenvalue weighted by atomic mass is 10.3. The normalized spacial score (nSPS) is 13.2. The van der Waals surface area contributed by atoms with E-state index in [9.17, 15) is 13.2 Å². The van der Waals surface area contributed by atoms with Gasteiger partial charge < -0.3 is 5.32 Å². The maximum Gasteiger partial charge on any atom is 0.243 e. The van der Waals surface area contributed by atoms with Gasteiger partial charge in [-0.25, -0.2) is 8.42 Å². The number of carbonyl (C=O) groups excluding carboxylic acids is 1. The van der Waals surface area contributed by atoms with E-state index in [2.05, 4.69) is 5.32 Å². The first-order chi connectivity index (χ1) is 9.73. The second-order valence-electron chi connectivity index (χ2n) is 4.34. The molecule has 5 nitrogen and oxygen atoms in total. The van der Waals surface area contributed by atoms with Gasteiger partial charge in [-0.1, -0.05) is 25.4 Å². The Morgan fingerprint density at radius 3 is 2.38 bits per heavy atom. The summed E-state index contributed by atoms with van der Waals surface area (Å²) in [5, 5.41) is 2.01. The average molecular weight is 353 g/mol. The van der Waals surface area contributed by atoms with E-state index < -0.39 is 21.3 Å². The van der Waals surface area contributed by atoms with E-state index in [1.807, 2.05) is 0 Å². The zero-order chi connectivity index (χ0) is 16.2. The Hall–Kier alpha value is -0.820. The minimum absolute atomic E-state index is 0.0770. The first-order valence-electron chi connectivity index (χ1n) is 6.48. The molecule has 0 saturated heterocycles. The molecule has 0 unspecified atom stereocenters. The van der Waals surface area contributed by atoms with Crippen LogP contribution in [0.3, 0.4) is 0 Å². The van der Waals surface area contributed by atoms with E-state index in [0.717, 1.165) is 0 Å². The number of rotatable bonds is 6. The molecule has 0 bridgehead atoms. The lowest BCUT2D eigenvalue weighted by Gasteiger charge is -2.19. The summed E-state index contributed by atoms with van der Waals surface area (Å²) < 4.78 is 26.2. The Morgan fingerprint density at radius 1 is 1.33 bits per heavy atom. The topological polar surface area (TPSA) is 66.5 Å². The monoisotopic (exact) mass is 352 g/mol. The number of halogens is 2. The van der Waals surface area contributed by atoms with Gasteiger partial charge in [0.1, 0.15) is 5.38 Å². The predicted molar refractivity (Wildman–Crippen MR) is 85.5 cm³/mol. The number of nitrogens with one attached hydrogen (secondary N) is 1. The predicted octanol–water partition coefficient (Wildman–Crippen LogP) is 2.94. The van der Waals surface area contributed by atoms with Crippen LogP contribution < -0.4 is 5.32 Å². The minimum Gasteiger partial charge on any atom is -0.323 e. The fourth-order valence-electron chi connectivity index (χ4n) is 1.71. The number of hydrogen-bond acceptors (Lipinski definition) is 3. The van der Waals surface area contributed by atoms with Crippen LogP contribution in [0.4, 0.5) is 5.69 Å². The molecule has 0 heterocycles. The van der Waals surface area contributed by atoms with Gasteiger partial charge in [-0.2, -0.15) is 4.31 Å². The maximum absolute atomic E-state index is 12.4. The van der Waals surface area contributed by atoms with E-state index in [4.69, 9.17) is 23.2 Å². The Morgan fingerprint density at radius 2 is 1.90 bits per heavy atom. The highest BCUT2D eigenvalue weighted by Gasteiger charge is 2.23. The van der Waals surface area contributed by atoms with Gasteiger partial charge in [0.2, 0.25) is 15.9 Å². The van der Waals surface area contributed by atoms with Crippen molar-refractivity contribution < 1.29 is 13.2 Å². The molecule has 1 aromatic rings. The lowest BCUT2D eigenvalue weighted by Crippen LogP contribution is -2.30. The number of nitrogens with zero attached hydrogens (tertiary/aromatic N) is 1. The highest BCUT2D eigenvalue weighted by molar-refractivity contribution is 7.89. The Bertz CT molecular complexity index is 614. The SMILES string of the molecule is CCN(CC)S(=O)(=O)c1ccc(Cl)c(NC(=O)[C@@H](C)Cl)c1. The van der Waals surface area contributed by atoms with Crippen molar-refractivity contribution in [3.05, 3.63) is 23.2 Å². The van der Waals surface area contributed by atoms with Gasteiger partial charge in [-0.3, -0.25) is 4.79 Å². The minimum atomic E-state index is -3.61. The third kappa shape index (κ3) is 4.32. The van der Waals surface area contributed by atoms with E-state index in [1.54, 1.807) is 13.8 Å². The van der Waals surface area contributed by atoms with Crippen molar-refractivity contribution in [2.24, 2.45) is 0 Å². The number of carbonyl (C=O) groups is 1. The maximum atomic E-state index is 12.4. The van der Waals surface area contributed by atoms with Gasteiger partial charge in [-0.05, 0) is 25.1 Å². The molecule has 1 aromatic carbocycles. The molecule has 0 fully saturated rings. The molecule has 0 saturated carbocycles. The van der Waals surface area contributed by atoms with Gasteiger partial charge in [0.25, 0.3) is 0 Å². The summed E-state index contributed by atoms with van der Waals surface area (Å²) in [4.78, 5) is 11.7. The molecular weight excluding hydrogens is 335 g/mol. The van der Waals surface area contributed by atoms with E-state index in [-0.39, 0.29) is 15.6 Å². The summed E-state index contributed by atoms with van der Waals surface area (Å²) in [5.41, 5.74) is 0.224. The van der Waals surface area contributed by atoms with Gasteiger partial charge in [0, 0.05) is 13.1 Å². The summed E-state index contributed by atoms with van der Waals surface area (Å²) in [6.45, 7) is 5.76. The second-order valence-corrected chi connectivity index (χ2v) is 7.34. The van der Waals surface area contributed by atoms with Crippen LogP contribution in [-0.2, 0) is 14.8 Å². The quantitative estimate of drug-likeness (QED) is 0.800. The number of amides is 1. The third-order valence-corrected chi connectivity index (χ3v) is 5.47. The molecule has 1 rings (SSSR count). The van der Waals surface area contributed by atoms with Crippen LogP contribution in [0.1, 0.15) is 20.8 Å². The number of benzene rings is 1. The van der Waals surface area contributed by atoms with Crippen LogP contribution in [-0.4, -0.2) is 37.1 Å². The van der Waals surface area contributed by atoms with Crippen molar-refractivity contribution in [1.29, 1.82) is 0 Å². The van der Waals surface area contributed by atoms with Gasteiger partial charge in [0.05, 0.1) is 15.6 Å². The first kappa shape index (κ1) is 18.2. The van der Waals surface area contributed by atoms with Crippen molar-refractivity contribution in [3.63, 3.8) is 0 Å². The van der Waals surface area contributed by atoms with Crippen LogP contribution in [0.2, 0.25) is 5.02 Å².